The van der Waals surface area contributed by atoms with E-state index in [0.717, 1.165) is 25.7 Å². The van der Waals surface area contributed by atoms with Crippen LogP contribution in [-0.2, 0) is 9.53 Å². The van der Waals surface area contributed by atoms with Gasteiger partial charge in [0.1, 0.15) is 0 Å². The molecule has 0 aromatic heterocycles. The molecule has 0 aliphatic rings. The summed E-state index contributed by atoms with van der Waals surface area (Å²) in [6, 6.07) is 0. The minimum Gasteiger partial charge on any atom is -0.478 e. The Morgan fingerprint density at radius 2 is 1.93 bits per heavy atom. The molecule has 0 aromatic rings. The van der Waals surface area contributed by atoms with Crippen molar-refractivity contribution in [1.29, 1.82) is 0 Å². The molecule has 0 bridgehead atoms. The number of carboxylic acid groups (broad SMARTS) is 1. The summed E-state index contributed by atoms with van der Waals surface area (Å²) in [4.78, 5) is 10.8. The van der Waals surface area contributed by atoms with Crippen LogP contribution in [0.4, 0.5) is 0 Å². The van der Waals surface area contributed by atoms with Crippen molar-refractivity contribution in [3.05, 3.63) is 11.6 Å². The van der Waals surface area contributed by atoms with Crippen molar-refractivity contribution in [1.82, 2.24) is 0 Å². The van der Waals surface area contributed by atoms with Crippen LogP contribution in [-0.4, -0.2) is 24.3 Å². The van der Waals surface area contributed by atoms with Gasteiger partial charge < -0.3 is 9.84 Å². The molecule has 0 fully saturated rings. The largest absolute Gasteiger partial charge is 0.478 e. The molecule has 0 radical (unpaired) electrons. The second-order valence-corrected chi connectivity index (χ2v) is 3.57. The van der Waals surface area contributed by atoms with Crippen LogP contribution in [0.1, 0.15) is 46.0 Å². The van der Waals surface area contributed by atoms with E-state index in [-0.39, 0.29) is 0 Å². The van der Waals surface area contributed by atoms with E-state index in [1.807, 2.05) is 0 Å². The number of rotatable bonds is 9. The van der Waals surface area contributed by atoms with Crippen molar-refractivity contribution in [2.24, 2.45) is 0 Å². The van der Waals surface area contributed by atoms with Gasteiger partial charge in [-0.2, -0.15) is 0 Å². The fraction of sp³-hybridized carbons (Fsp3) is 0.750. The van der Waals surface area contributed by atoms with Gasteiger partial charge in [-0.1, -0.05) is 26.7 Å². The Kier molecular flexibility index (Phi) is 9.18. The molecule has 0 rings (SSSR count). The van der Waals surface area contributed by atoms with Crippen LogP contribution in [0.2, 0.25) is 0 Å². The molecule has 0 aliphatic carbocycles. The van der Waals surface area contributed by atoms with Gasteiger partial charge in [-0.15, -0.1) is 0 Å². The lowest BCUT2D eigenvalue weighted by atomic mass is 10.1. The number of aliphatic carboxylic acids is 1. The van der Waals surface area contributed by atoms with Crippen molar-refractivity contribution in [2.75, 3.05) is 13.2 Å². The van der Waals surface area contributed by atoms with Crippen molar-refractivity contribution in [3.63, 3.8) is 0 Å². The first-order chi connectivity index (χ1) is 7.22. The average Bonchev–Trinajstić information content (AvgIpc) is 2.21. The second kappa shape index (κ2) is 9.71. The van der Waals surface area contributed by atoms with Gasteiger partial charge in [-0.3, -0.25) is 0 Å². The highest BCUT2D eigenvalue weighted by atomic mass is 16.5. The predicted molar refractivity (Wildman–Crippen MR) is 61.0 cm³/mol. The maximum atomic E-state index is 10.8. The quantitative estimate of drug-likeness (QED) is 0.474. The van der Waals surface area contributed by atoms with Crippen LogP contribution in [0.15, 0.2) is 11.6 Å². The monoisotopic (exact) mass is 214 g/mol. The maximum absolute atomic E-state index is 10.8. The van der Waals surface area contributed by atoms with Crippen molar-refractivity contribution in [3.8, 4) is 0 Å². The molecular weight excluding hydrogens is 192 g/mol. The number of carboxylic acids is 1. The molecule has 1 N–H and O–H groups in total. The molecule has 3 nitrogen and oxygen atoms in total. The summed E-state index contributed by atoms with van der Waals surface area (Å²) in [5, 5.41) is 8.88. The SMILES string of the molecule is CCCCOCC=C(CCCC)C(=O)O. The van der Waals surface area contributed by atoms with Crippen LogP contribution < -0.4 is 0 Å². The molecule has 0 aromatic carbocycles. The minimum absolute atomic E-state index is 0.422. The van der Waals surface area contributed by atoms with E-state index >= 15 is 0 Å². The molecule has 0 heterocycles. The topological polar surface area (TPSA) is 46.5 Å². The van der Waals surface area contributed by atoms with Crippen molar-refractivity contribution < 1.29 is 14.6 Å². The summed E-state index contributed by atoms with van der Waals surface area (Å²) in [6.45, 7) is 5.29. The fourth-order valence-corrected chi connectivity index (χ4v) is 1.15. The van der Waals surface area contributed by atoms with E-state index in [4.69, 9.17) is 9.84 Å². The lowest BCUT2D eigenvalue weighted by molar-refractivity contribution is -0.132. The maximum Gasteiger partial charge on any atom is 0.331 e. The zero-order chi connectivity index (χ0) is 11.5. The van der Waals surface area contributed by atoms with Crippen LogP contribution in [0.25, 0.3) is 0 Å². The summed E-state index contributed by atoms with van der Waals surface area (Å²) >= 11 is 0. The lowest BCUT2D eigenvalue weighted by Gasteiger charge is -2.02. The number of hydrogen-bond donors (Lipinski definition) is 1. The molecular formula is C12H22O3. The number of ether oxygens (including phenoxy) is 1. The molecule has 0 aliphatic heterocycles. The summed E-state index contributed by atoms with van der Waals surface area (Å²) in [7, 11) is 0. The summed E-state index contributed by atoms with van der Waals surface area (Å²) < 4.78 is 5.29. The molecule has 0 saturated heterocycles. The van der Waals surface area contributed by atoms with Crippen LogP contribution in [0, 0.1) is 0 Å². The van der Waals surface area contributed by atoms with Crippen LogP contribution >= 0.6 is 0 Å². The van der Waals surface area contributed by atoms with E-state index < -0.39 is 5.97 Å². The van der Waals surface area contributed by atoms with E-state index in [9.17, 15) is 4.79 Å². The standard InChI is InChI=1S/C12H22O3/c1-3-5-7-11(12(13)14)8-10-15-9-6-4-2/h8H,3-7,9-10H2,1-2H3,(H,13,14). The first kappa shape index (κ1) is 14.2. The second-order valence-electron chi connectivity index (χ2n) is 3.57. The zero-order valence-corrected chi connectivity index (χ0v) is 9.79. The smallest absolute Gasteiger partial charge is 0.331 e. The van der Waals surface area contributed by atoms with Gasteiger partial charge in [0.05, 0.1) is 6.61 Å². The van der Waals surface area contributed by atoms with Gasteiger partial charge >= 0.3 is 5.97 Å². The van der Waals surface area contributed by atoms with Crippen LogP contribution in [0.5, 0.6) is 0 Å². The number of hydrogen-bond acceptors (Lipinski definition) is 2. The lowest BCUT2D eigenvalue weighted by Crippen LogP contribution is -2.03. The van der Waals surface area contributed by atoms with Gasteiger partial charge in [0.15, 0.2) is 0 Å². The Bertz CT molecular complexity index is 197. The van der Waals surface area contributed by atoms with Gasteiger partial charge in [0.25, 0.3) is 0 Å². The van der Waals surface area contributed by atoms with Gasteiger partial charge in [-0.25, -0.2) is 4.79 Å². The van der Waals surface area contributed by atoms with Crippen molar-refractivity contribution in [2.45, 2.75) is 46.0 Å². The van der Waals surface area contributed by atoms with Crippen molar-refractivity contribution >= 4 is 5.97 Å². The molecule has 88 valence electrons. The first-order valence-corrected chi connectivity index (χ1v) is 5.72. The summed E-state index contributed by atoms with van der Waals surface area (Å²) in [5.74, 6) is -0.817. The summed E-state index contributed by atoms with van der Waals surface area (Å²) in [5.41, 5.74) is 0.480. The predicted octanol–water partition coefficient (Wildman–Crippen LogP) is 3.00. The third kappa shape index (κ3) is 8.18. The molecule has 0 amide bonds. The number of unbranched alkanes of at least 4 members (excludes halogenated alkanes) is 2. The van der Waals surface area contributed by atoms with Crippen LogP contribution in [0.3, 0.4) is 0 Å². The Labute approximate surface area is 92.1 Å². The molecule has 15 heavy (non-hydrogen) atoms. The molecule has 0 spiro atoms. The fourth-order valence-electron chi connectivity index (χ4n) is 1.15. The average molecular weight is 214 g/mol. The Balaban J connectivity index is 3.79. The molecule has 0 saturated carbocycles. The highest BCUT2D eigenvalue weighted by molar-refractivity contribution is 5.86. The Morgan fingerprint density at radius 3 is 2.47 bits per heavy atom. The third-order valence-corrected chi connectivity index (χ3v) is 2.16. The first-order valence-electron chi connectivity index (χ1n) is 5.72. The van der Waals surface area contributed by atoms with E-state index in [0.29, 0.717) is 25.2 Å². The Morgan fingerprint density at radius 1 is 1.27 bits per heavy atom. The normalized spacial score (nSPS) is 11.7. The summed E-state index contributed by atoms with van der Waals surface area (Å²) in [6.07, 6.45) is 6.40. The molecule has 0 atom stereocenters. The van der Waals surface area contributed by atoms with Gasteiger partial charge in [0, 0.05) is 12.2 Å². The number of carbonyl (C=O) groups is 1. The molecule has 3 heteroatoms. The zero-order valence-electron chi connectivity index (χ0n) is 9.79. The van der Waals surface area contributed by atoms with E-state index in [2.05, 4.69) is 13.8 Å². The molecule has 0 unspecified atom stereocenters. The minimum atomic E-state index is -0.817. The highest BCUT2D eigenvalue weighted by Gasteiger charge is 2.05. The van der Waals surface area contributed by atoms with E-state index in [1.54, 1.807) is 6.08 Å². The van der Waals surface area contributed by atoms with Gasteiger partial charge in [-0.05, 0) is 25.3 Å². The van der Waals surface area contributed by atoms with Gasteiger partial charge in [0.2, 0.25) is 0 Å². The Hall–Kier alpha value is -0.830. The van der Waals surface area contributed by atoms with E-state index in [1.165, 1.54) is 0 Å². The third-order valence-electron chi connectivity index (χ3n) is 2.16. The highest BCUT2D eigenvalue weighted by Crippen LogP contribution is 2.07.